The monoisotopic (exact) mass is 317 g/mol. The average molecular weight is 318 g/mol. The van der Waals surface area contributed by atoms with Crippen molar-refractivity contribution in [2.45, 2.75) is 13.8 Å². The van der Waals surface area contributed by atoms with E-state index in [1.807, 2.05) is 32.0 Å². The Morgan fingerprint density at radius 1 is 0.950 bits per heavy atom. The van der Waals surface area contributed by atoms with Crippen LogP contribution in [0, 0.1) is 13.8 Å². The zero-order chi connectivity index (χ0) is 14.0. The van der Waals surface area contributed by atoms with Gasteiger partial charge in [0.05, 0.1) is 15.6 Å². The van der Waals surface area contributed by atoms with E-state index in [1.165, 1.54) is 0 Å². The summed E-state index contributed by atoms with van der Waals surface area (Å²) in [5.74, 6) is 0. The van der Waals surface area contributed by atoms with E-state index in [-0.39, 0.29) is 33.0 Å². The molecule has 2 rings (SSSR count). The Balaban J connectivity index is 0.00000200. The van der Waals surface area contributed by atoms with Gasteiger partial charge in [0, 0.05) is 18.9 Å². The number of carbonyl (C=O) groups excluding carboxylic acids is 1. The third-order valence-corrected chi connectivity index (χ3v) is 5.06. The second-order valence-electron chi connectivity index (χ2n) is 4.32. The number of hydrogen-bond acceptors (Lipinski definition) is 1. The molecule has 0 aliphatic heterocycles. The Labute approximate surface area is 143 Å². The fraction of sp³-hybridized carbons (Fsp3) is 0.133. The predicted octanol–water partition coefficient (Wildman–Crippen LogP) is 4.37. The summed E-state index contributed by atoms with van der Waals surface area (Å²) in [6.45, 7) is 4.02. The first kappa shape index (κ1) is 17.8. The minimum absolute atomic E-state index is 0. The van der Waals surface area contributed by atoms with Gasteiger partial charge in [0.2, 0.25) is 0 Å². The molecule has 1 unspecified atom stereocenters. The fourth-order valence-corrected chi connectivity index (χ4v) is 3.81. The maximum Gasteiger partial charge on any atom is 0.188 e. The third kappa shape index (κ3) is 3.88. The van der Waals surface area contributed by atoms with E-state index in [4.69, 9.17) is 23.2 Å². The molecule has 0 amide bonds. The Hall–Kier alpha value is -0.283. The zero-order valence-electron chi connectivity index (χ0n) is 11.6. The summed E-state index contributed by atoms with van der Waals surface area (Å²) in [6, 6.07) is 11.1. The number of hydrogen-bond donors (Lipinski definition) is 0. The van der Waals surface area contributed by atoms with Crippen molar-refractivity contribution in [2.24, 2.45) is 0 Å². The van der Waals surface area contributed by atoms with Crippen molar-refractivity contribution < 1.29 is 4.79 Å². The minimum Gasteiger partial charge on any atom is -0.289 e. The van der Waals surface area contributed by atoms with Crippen molar-refractivity contribution in [3.05, 3.63) is 63.1 Å². The first-order valence-electron chi connectivity index (χ1n) is 5.82. The maximum atomic E-state index is 12.4. The van der Waals surface area contributed by atoms with Gasteiger partial charge in [-0.15, -0.1) is 0 Å². The summed E-state index contributed by atoms with van der Waals surface area (Å²) < 4.78 is 0. The van der Waals surface area contributed by atoms with Crippen LogP contribution in [0.1, 0.15) is 21.5 Å². The number of carbonyl (C=O) groups is 1. The third-order valence-electron chi connectivity index (χ3n) is 2.91. The molecule has 20 heavy (non-hydrogen) atoms. The van der Waals surface area contributed by atoms with E-state index < -0.39 is 0 Å². The van der Waals surface area contributed by atoms with Crippen LogP contribution in [0.4, 0.5) is 0 Å². The molecule has 2 aromatic carbocycles. The number of aryl methyl sites for hydroxylation is 2. The number of halogens is 2. The van der Waals surface area contributed by atoms with Gasteiger partial charge in [0.1, 0.15) is 0 Å². The minimum atomic E-state index is -0.0204. The van der Waals surface area contributed by atoms with Crippen molar-refractivity contribution in [3.63, 3.8) is 0 Å². The molecule has 0 saturated heterocycles. The first-order valence-corrected chi connectivity index (χ1v) is 7.58. The van der Waals surface area contributed by atoms with Crippen molar-refractivity contribution in [3.8, 4) is 0 Å². The average Bonchev–Trinajstić information content (AvgIpc) is 2.34. The molecule has 1 nitrogen and oxygen atoms in total. The van der Waals surface area contributed by atoms with Crippen LogP contribution < -0.4 is 5.30 Å². The van der Waals surface area contributed by atoms with Gasteiger partial charge < -0.3 is 0 Å². The Morgan fingerprint density at radius 3 is 1.90 bits per heavy atom. The topological polar surface area (TPSA) is 17.1 Å². The second-order valence-corrected chi connectivity index (χ2v) is 6.34. The molecule has 5 heteroatoms. The molecule has 0 fully saturated rings. The molecular weight excluding hydrogens is 305 g/mol. The molecule has 0 heterocycles. The van der Waals surface area contributed by atoms with E-state index in [0.29, 0.717) is 15.6 Å². The zero-order valence-corrected chi connectivity index (χ0v) is 14.1. The summed E-state index contributed by atoms with van der Waals surface area (Å²) >= 11 is 12.1. The molecule has 0 spiro atoms. The largest absolute Gasteiger partial charge is 0.289 e. The molecule has 0 bridgehead atoms. The van der Waals surface area contributed by atoms with Gasteiger partial charge in [0.15, 0.2) is 5.52 Å². The molecule has 0 N–H and O–H groups in total. The molecule has 2 aromatic rings. The molecule has 0 aromatic heterocycles. The van der Waals surface area contributed by atoms with Gasteiger partial charge in [-0.25, -0.2) is 0 Å². The quantitative estimate of drug-likeness (QED) is 0.606. The normalized spacial score (nSPS) is 10.6. The van der Waals surface area contributed by atoms with E-state index in [2.05, 4.69) is 0 Å². The van der Waals surface area contributed by atoms with Crippen molar-refractivity contribution in [1.29, 1.82) is 0 Å². The van der Waals surface area contributed by atoms with Gasteiger partial charge >= 0.3 is 0 Å². The van der Waals surface area contributed by atoms with Gasteiger partial charge in [-0.2, -0.15) is 0 Å². The summed E-state index contributed by atoms with van der Waals surface area (Å²) in [5.41, 5.74) is 2.64. The van der Waals surface area contributed by atoms with E-state index in [0.717, 1.165) is 16.4 Å². The van der Waals surface area contributed by atoms with Crippen LogP contribution in [0.3, 0.4) is 0 Å². The fourth-order valence-electron chi connectivity index (χ4n) is 1.90. The Kier molecular flexibility index (Phi) is 6.79. The van der Waals surface area contributed by atoms with Gasteiger partial charge in [-0.3, -0.25) is 4.79 Å². The summed E-state index contributed by atoms with van der Waals surface area (Å²) in [7, 11) is 0.0384. The van der Waals surface area contributed by atoms with E-state index >= 15 is 0 Å². The van der Waals surface area contributed by atoms with Crippen LogP contribution >= 0.6 is 31.8 Å². The van der Waals surface area contributed by atoms with Crippen LogP contribution in [0.2, 0.25) is 10.0 Å². The standard InChI is InChI=1S/C15H13Cl2OP.Li/c1-9-5-3-6-10(2)14(9)19-15(18)13-11(16)7-4-8-12(13)17;/h3-8,19H,1-2H3;. The molecular formula is C15H13Cl2LiOP. The summed E-state index contributed by atoms with van der Waals surface area (Å²) in [5, 5.41) is 1.90. The number of benzene rings is 2. The molecule has 1 atom stereocenters. The summed E-state index contributed by atoms with van der Waals surface area (Å²) in [6.07, 6.45) is 0. The molecule has 0 saturated carbocycles. The van der Waals surface area contributed by atoms with Crippen LogP contribution in [-0.2, 0) is 0 Å². The molecule has 0 aliphatic carbocycles. The smallest absolute Gasteiger partial charge is 0.188 e. The van der Waals surface area contributed by atoms with Crippen molar-refractivity contribution in [1.82, 2.24) is 0 Å². The molecule has 1 radical (unpaired) electrons. The van der Waals surface area contributed by atoms with Gasteiger partial charge in [0.25, 0.3) is 0 Å². The van der Waals surface area contributed by atoms with Crippen LogP contribution in [0.5, 0.6) is 0 Å². The van der Waals surface area contributed by atoms with Crippen LogP contribution in [0.25, 0.3) is 0 Å². The predicted molar refractivity (Wildman–Crippen MR) is 90.4 cm³/mol. The summed E-state index contributed by atoms with van der Waals surface area (Å²) in [4.78, 5) is 12.4. The van der Waals surface area contributed by atoms with Gasteiger partial charge in [-0.05, 0) is 51.0 Å². The molecule has 99 valence electrons. The maximum absolute atomic E-state index is 12.4. The van der Waals surface area contributed by atoms with E-state index in [1.54, 1.807) is 18.2 Å². The Bertz CT molecular complexity index is 603. The van der Waals surface area contributed by atoms with Gasteiger partial charge in [-0.1, -0.05) is 47.5 Å². The van der Waals surface area contributed by atoms with Crippen LogP contribution in [-0.4, -0.2) is 24.4 Å². The molecule has 0 aliphatic rings. The van der Waals surface area contributed by atoms with Crippen molar-refractivity contribution >= 4 is 61.5 Å². The number of rotatable bonds is 3. The SMILES string of the molecule is Cc1cccc(C)c1PC(=O)c1c(Cl)cccc1Cl.[Li]. The van der Waals surface area contributed by atoms with Crippen LogP contribution in [0.15, 0.2) is 36.4 Å². The first-order chi connectivity index (χ1) is 9.00. The van der Waals surface area contributed by atoms with Crippen molar-refractivity contribution in [2.75, 3.05) is 0 Å². The Morgan fingerprint density at radius 2 is 1.40 bits per heavy atom. The second kappa shape index (κ2) is 7.65. The van der Waals surface area contributed by atoms with E-state index in [9.17, 15) is 4.79 Å².